The molecule has 2 heterocycles. The number of fused-ring (bicyclic) bond motifs is 8. The van der Waals surface area contributed by atoms with E-state index >= 15 is 0 Å². The van der Waals surface area contributed by atoms with Crippen molar-refractivity contribution >= 4 is 54.3 Å². The van der Waals surface area contributed by atoms with Gasteiger partial charge in [-0.15, -0.1) is 0 Å². The fourth-order valence-corrected chi connectivity index (χ4v) is 7.26. The van der Waals surface area contributed by atoms with Gasteiger partial charge in [-0.1, -0.05) is 140 Å². The van der Waals surface area contributed by atoms with Gasteiger partial charge in [0.05, 0.1) is 0 Å². The summed E-state index contributed by atoms with van der Waals surface area (Å²) in [6, 6.07) is 56.8. The number of rotatable bonds is 4. The Bertz CT molecular complexity index is 2880. The molecule has 4 heteroatoms. The van der Waals surface area contributed by atoms with E-state index in [2.05, 4.69) is 127 Å². The Morgan fingerprint density at radius 3 is 1.71 bits per heavy atom. The highest BCUT2D eigenvalue weighted by atomic mass is 16.3. The number of para-hydroxylation sites is 1. The van der Waals surface area contributed by atoms with Crippen molar-refractivity contribution in [2.24, 2.45) is 0 Å². The summed E-state index contributed by atoms with van der Waals surface area (Å²) < 4.78 is 6.60. The molecule has 0 amide bonds. The van der Waals surface area contributed by atoms with Gasteiger partial charge in [-0.05, 0) is 62.1 Å². The zero-order chi connectivity index (χ0) is 32.3. The summed E-state index contributed by atoms with van der Waals surface area (Å²) >= 11 is 0. The van der Waals surface area contributed by atoms with Gasteiger partial charge in [-0.25, -0.2) is 15.0 Å². The quantitative estimate of drug-likeness (QED) is 0.183. The van der Waals surface area contributed by atoms with Crippen molar-refractivity contribution in [3.63, 3.8) is 0 Å². The van der Waals surface area contributed by atoms with Crippen LogP contribution >= 0.6 is 0 Å². The predicted molar refractivity (Wildman–Crippen MR) is 201 cm³/mol. The Balaban J connectivity index is 1.29. The van der Waals surface area contributed by atoms with E-state index in [-0.39, 0.29) is 0 Å². The standard InChI is InChI=1S/C45H27N3O/c1-3-13-28(14-4-1)33-25-26-37(41-36-21-11-12-22-39(36)49-42(33)41)44-46-43(30-16-5-2-6-17-30)47-45(48-44)38-27-31-24-23-29-15-7-8-18-32(29)40(31)35-20-10-9-19-34(35)38/h1-27H. The van der Waals surface area contributed by atoms with Crippen LogP contribution in [0.15, 0.2) is 168 Å². The van der Waals surface area contributed by atoms with Crippen LogP contribution in [0.5, 0.6) is 0 Å². The minimum atomic E-state index is 0.600. The average molecular weight is 626 g/mol. The molecular weight excluding hydrogens is 599 g/mol. The first-order valence-electron chi connectivity index (χ1n) is 16.5. The summed E-state index contributed by atoms with van der Waals surface area (Å²) in [7, 11) is 0. The normalized spacial score (nSPS) is 11.7. The summed E-state index contributed by atoms with van der Waals surface area (Å²) in [6.07, 6.45) is 0. The highest BCUT2D eigenvalue weighted by molar-refractivity contribution is 6.23. The molecule has 0 aliphatic heterocycles. The predicted octanol–water partition coefficient (Wildman–Crippen LogP) is 11.9. The van der Waals surface area contributed by atoms with Crippen LogP contribution in [-0.2, 0) is 0 Å². The second kappa shape index (κ2) is 11.0. The van der Waals surface area contributed by atoms with Gasteiger partial charge >= 0.3 is 0 Å². The molecule has 0 atom stereocenters. The maximum atomic E-state index is 6.60. The van der Waals surface area contributed by atoms with E-state index in [4.69, 9.17) is 19.4 Å². The van der Waals surface area contributed by atoms with Gasteiger partial charge < -0.3 is 4.42 Å². The van der Waals surface area contributed by atoms with Crippen molar-refractivity contribution in [3.8, 4) is 45.3 Å². The Kier molecular flexibility index (Phi) is 6.15. The third kappa shape index (κ3) is 4.42. The van der Waals surface area contributed by atoms with E-state index in [1.165, 1.54) is 21.5 Å². The van der Waals surface area contributed by atoms with E-state index in [1.807, 2.05) is 36.4 Å². The Morgan fingerprint density at radius 2 is 0.918 bits per heavy atom. The number of furan rings is 1. The van der Waals surface area contributed by atoms with E-state index in [9.17, 15) is 0 Å². The van der Waals surface area contributed by atoms with E-state index in [1.54, 1.807) is 0 Å². The van der Waals surface area contributed by atoms with Gasteiger partial charge in [0.1, 0.15) is 11.2 Å². The van der Waals surface area contributed by atoms with Crippen molar-refractivity contribution in [1.29, 1.82) is 0 Å². The van der Waals surface area contributed by atoms with Crippen LogP contribution in [0.2, 0.25) is 0 Å². The van der Waals surface area contributed by atoms with Crippen LogP contribution in [0.4, 0.5) is 0 Å². The largest absolute Gasteiger partial charge is 0.455 e. The molecule has 8 aromatic carbocycles. The van der Waals surface area contributed by atoms with Gasteiger partial charge in [0.15, 0.2) is 17.5 Å². The molecule has 0 unspecified atom stereocenters. The zero-order valence-electron chi connectivity index (χ0n) is 26.3. The molecule has 10 rings (SSSR count). The van der Waals surface area contributed by atoms with Crippen molar-refractivity contribution in [1.82, 2.24) is 15.0 Å². The van der Waals surface area contributed by atoms with Crippen LogP contribution < -0.4 is 0 Å². The Morgan fingerprint density at radius 1 is 0.347 bits per heavy atom. The highest BCUT2D eigenvalue weighted by Crippen LogP contribution is 2.42. The minimum Gasteiger partial charge on any atom is -0.455 e. The molecule has 10 aromatic rings. The SMILES string of the molecule is c1ccc(-c2nc(-c3cc4ccc5ccccc5c4c4ccccc34)nc(-c3ccc(-c4ccccc4)c4oc5ccccc5c34)n2)cc1. The van der Waals surface area contributed by atoms with Crippen LogP contribution in [0.25, 0.3) is 99.5 Å². The number of nitrogens with zero attached hydrogens (tertiary/aromatic N) is 3. The molecule has 0 saturated heterocycles. The van der Waals surface area contributed by atoms with E-state index in [0.29, 0.717) is 17.5 Å². The number of hydrogen-bond donors (Lipinski definition) is 0. The van der Waals surface area contributed by atoms with Gasteiger partial charge in [0, 0.05) is 33.0 Å². The topological polar surface area (TPSA) is 51.8 Å². The first-order chi connectivity index (χ1) is 24.3. The number of benzene rings is 8. The minimum absolute atomic E-state index is 0.600. The first kappa shape index (κ1) is 27.5. The molecule has 0 saturated carbocycles. The molecule has 0 aliphatic rings. The summed E-state index contributed by atoms with van der Waals surface area (Å²) in [5, 5.41) is 9.11. The summed E-state index contributed by atoms with van der Waals surface area (Å²) in [4.78, 5) is 15.6. The monoisotopic (exact) mass is 625 g/mol. The lowest BCUT2D eigenvalue weighted by Gasteiger charge is -2.14. The lowest BCUT2D eigenvalue weighted by atomic mass is 9.93. The van der Waals surface area contributed by atoms with E-state index in [0.717, 1.165) is 60.5 Å². The summed E-state index contributed by atoms with van der Waals surface area (Å²) in [5.41, 5.74) is 6.56. The molecule has 0 N–H and O–H groups in total. The molecular formula is C45H27N3O. The number of aromatic nitrogens is 3. The second-order valence-electron chi connectivity index (χ2n) is 12.4. The lowest BCUT2D eigenvalue weighted by molar-refractivity contribution is 0.670. The zero-order valence-corrected chi connectivity index (χ0v) is 26.3. The lowest BCUT2D eigenvalue weighted by Crippen LogP contribution is -2.01. The molecule has 4 nitrogen and oxygen atoms in total. The van der Waals surface area contributed by atoms with Crippen LogP contribution in [-0.4, -0.2) is 15.0 Å². The second-order valence-corrected chi connectivity index (χ2v) is 12.4. The van der Waals surface area contributed by atoms with Crippen LogP contribution in [0.3, 0.4) is 0 Å². The van der Waals surface area contributed by atoms with Crippen LogP contribution in [0.1, 0.15) is 0 Å². The van der Waals surface area contributed by atoms with Gasteiger partial charge in [-0.3, -0.25) is 0 Å². The maximum Gasteiger partial charge on any atom is 0.164 e. The fraction of sp³-hybridized carbons (Fsp3) is 0. The van der Waals surface area contributed by atoms with Crippen molar-refractivity contribution < 1.29 is 4.42 Å². The smallest absolute Gasteiger partial charge is 0.164 e. The van der Waals surface area contributed by atoms with Gasteiger partial charge in [0.25, 0.3) is 0 Å². The molecule has 49 heavy (non-hydrogen) atoms. The van der Waals surface area contributed by atoms with Gasteiger partial charge in [0.2, 0.25) is 0 Å². The first-order valence-corrected chi connectivity index (χ1v) is 16.5. The molecule has 0 aliphatic carbocycles. The third-order valence-electron chi connectivity index (χ3n) is 9.51. The molecule has 0 fully saturated rings. The molecule has 0 radical (unpaired) electrons. The summed E-state index contributed by atoms with van der Waals surface area (Å²) in [5.74, 6) is 1.85. The molecule has 0 spiro atoms. The third-order valence-corrected chi connectivity index (χ3v) is 9.51. The fourth-order valence-electron chi connectivity index (χ4n) is 7.26. The Labute approximate surface area is 282 Å². The highest BCUT2D eigenvalue weighted by Gasteiger charge is 2.21. The van der Waals surface area contributed by atoms with Crippen LogP contribution in [0, 0.1) is 0 Å². The molecule has 228 valence electrons. The van der Waals surface area contributed by atoms with E-state index < -0.39 is 0 Å². The average Bonchev–Trinajstić information content (AvgIpc) is 3.57. The summed E-state index contributed by atoms with van der Waals surface area (Å²) in [6.45, 7) is 0. The number of hydrogen-bond acceptors (Lipinski definition) is 4. The Hall–Kier alpha value is -6.65. The molecule has 0 bridgehead atoms. The van der Waals surface area contributed by atoms with Crippen molar-refractivity contribution in [2.45, 2.75) is 0 Å². The van der Waals surface area contributed by atoms with Crippen molar-refractivity contribution in [3.05, 3.63) is 164 Å². The van der Waals surface area contributed by atoms with Gasteiger partial charge in [-0.2, -0.15) is 0 Å². The van der Waals surface area contributed by atoms with Crippen molar-refractivity contribution in [2.75, 3.05) is 0 Å². The maximum absolute atomic E-state index is 6.60. The molecule has 2 aromatic heterocycles.